The Kier molecular flexibility index (Phi) is 6.52. The van der Waals surface area contributed by atoms with Crippen molar-refractivity contribution in [2.24, 2.45) is 0 Å². The molecule has 0 radical (unpaired) electrons. The van der Waals surface area contributed by atoms with Gasteiger partial charge in [0.15, 0.2) is 5.11 Å². The van der Waals surface area contributed by atoms with E-state index in [0.29, 0.717) is 33.9 Å². The van der Waals surface area contributed by atoms with Crippen molar-refractivity contribution in [2.75, 3.05) is 31.5 Å². The van der Waals surface area contributed by atoms with Crippen LogP contribution >= 0.6 is 23.8 Å². The van der Waals surface area contributed by atoms with Crippen molar-refractivity contribution >= 4 is 40.3 Å². The lowest BCUT2D eigenvalue weighted by atomic mass is 10.2. The van der Waals surface area contributed by atoms with E-state index in [0.717, 1.165) is 11.4 Å². The first-order valence-electron chi connectivity index (χ1n) is 7.29. The molecular formula is C17H19ClN2O3S. The number of hydrogen-bond donors (Lipinski definition) is 2. The van der Waals surface area contributed by atoms with E-state index in [2.05, 4.69) is 10.6 Å². The number of anilines is 2. The largest absolute Gasteiger partial charge is 0.495 e. The molecule has 0 bridgehead atoms. The van der Waals surface area contributed by atoms with Crippen molar-refractivity contribution in [1.82, 2.24) is 0 Å². The van der Waals surface area contributed by atoms with Crippen molar-refractivity contribution in [3.8, 4) is 17.2 Å². The Labute approximate surface area is 151 Å². The van der Waals surface area contributed by atoms with Gasteiger partial charge in [0.1, 0.15) is 17.2 Å². The van der Waals surface area contributed by atoms with Gasteiger partial charge in [0.05, 0.1) is 31.5 Å². The van der Waals surface area contributed by atoms with Gasteiger partial charge in [-0.1, -0.05) is 17.7 Å². The summed E-state index contributed by atoms with van der Waals surface area (Å²) in [5, 5.41) is 7.03. The van der Waals surface area contributed by atoms with E-state index in [4.69, 9.17) is 38.0 Å². The van der Waals surface area contributed by atoms with Gasteiger partial charge in [0.25, 0.3) is 0 Å². The van der Waals surface area contributed by atoms with Crippen LogP contribution in [0.5, 0.6) is 17.2 Å². The van der Waals surface area contributed by atoms with Crippen molar-refractivity contribution in [3.63, 3.8) is 0 Å². The molecule has 5 nitrogen and oxygen atoms in total. The zero-order valence-electron chi connectivity index (χ0n) is 13.7. The van der Waals surface area contributed by atoms with Gasteiger partial charge in [-0.05, 0) is 37.3 Å². The van der Waals surface area contributed by atoms with E-state index in [1.165, 1.54) is 0 Å². The summed E-state index contributed by atoms with van der Waals surface area (Å²) < 4.78 is 16.0. The summed E-state index contributed by atoms with van der Waals surface area (Å²) in [5.74, 6) is 1.88. The molecule has 0 saturated heterocycles. The van der Waals surface area contributed by atoms with Crippen LogP contribution < -0.4 is 24.8 Å². The van der Waals surface area contributed by atoms with Gasteiger partial charge in [0, 0.05) is 17.8 Å². The maximum absolute atomic E-state index is 6.16. The minimum Gasteiger partial charge on any atom is -0.495 e. The molecule has 0 spiro atoms. The quantitative estimate of drug-likeness (QED) is 0.731. The fourth-order valence-electron chi connectivity index (χ4n) is 2.07. The topological polar surface area (TPSA) is 51.8 Å². The molecule has 0 amide bonds. The fourth-order valence-corrected chi connectivity index (χ4v) is 2.54. The lowest BCUT2D eigenvalue weighted by molar-refractivity contribution is 0.340. The predicted molar refractivity (Wildman–Crippen MR) is 102 cm³/mol. The fraction of sp³-hybridized carbons (Fsp3) is 0.235. The average molecular weight is 367 g/mol. The molecule has 24 heavy (non-hydrogen) atoms. The Morgan fingerprint density at radius 1 is 1.08 bits per heavy atom. The Morgan fingerprint density at radius 3 is 2.50 bits per heavy atom. The summed E-state index contributed by atoms with van der Waals surface area (Å²) in [6, 6.07) is 10.9. The summed E-state index contributed by atoms with van der Waals surface area (Å²) in [6.45, 7) is 2.54. The van der Waals surface area contributed by atoms with E-state index >= 15 is 0 Å². The number of rotatable bonds is 6. The maximum atomic E-state index is 6.16. The predicted octanol–water partition coefficient (Wildman–Crippen LogP) is 4.56. The molecule has 2 rings (SSSR count). The zero-order valence-corrected chi connectivity index (χ0v) is 15.3. The molecule has 0 aliphatic rings. The molecule has 0 unspecified atom stereocenters. The molecule has 2 N–H and O–H groups in total. The summed E-state index contributed by atoms with van der Waals surface area (Å²) in [5.41, 5.74) is 1.46. The Morgan fingerprint density at radius 2 is 1.83 bits per heavy atom. The summed E-state index contributed by atoms with van der Waals surface area (Å²) in [6.07, 6.45) is 0. The van der Waals surface area contributed by atoms with Gasteiger partial charge in [-0.15, -0.1) is 0 Å². The molecule has 0 saturated carbocycles. The van der Waals surface area contributed by atoms with Crippen LogP contribution in [0, 0.1) is 0 Å². The lowest BCUT2D eigenvalue weighted by Gasteiger charge is -2.15. The maximum Gasteiger partial charge on any atom is 0.175 e. The van der Waals surface area contributed by atoms with Gasteiger partial charge in [-0.3, -0.25) is 0 Å². The molecule has 0 aliphatic carbocycles. The SMILES string of the molecule is CCOc1cccc(NC(=S)Nc2cc(Cl)c(OC)cc2OC)c1. The van der Waals surface area contributed by atoms with Crippen LogP contribution in [0.3, 0.4) is 0 Å². The lowest BCUT2D eigenvalue weighted by Crippen LogP contribution is -2.19. The van der Waals surface area contributed by atoms with E-state index in [9.17, 15) is 0 Å². The third kappa shape index (κ3) is 4.66. The van der Waals surface area contributed by atoms with Crippen LogP contribution in [0.2, 0.25) is 5.02 Å². The number of benzene rings is 2. The first-order valence-corrected chi connectivity index (χ1v) is 8.08. The normalized spacial score (nSPS) is 10.0. The molecule has 0 atom stereocenters. The number of methoxy groups -OCH3 is 2. The van der Waals surface area contributed by atoms with Crippen molar-refractivity contribution in [1.29, 1.82) is 0 Å². The van der Waals surface area contributed by atoms with Crippen LogP contribution in [0.4, 0.5) is 11.4 Å². The second-order valence-electron chi connectivity index (χ2n) is 4.73. The number of ether oxygens (including phenoxy) is 3. The van der Waals surface area contributed by atoms with Gasteiger partial charge in [-0.25, -0.2) is 0 Å². The first-order chi connectivity index (χ1) is 11.6. The van der Waals surface area contributed by atoms with Crippen LogP contribution in [0.25, 0.3) is 0 Å². The molecule has 0 aromatic heterocycles. The van der Waals surface area contributed by atoms with E-state index in [1.807, 2.05) is 31.2 Å². The third-order valence-electron chi connectivity index (χ3n) is 3.13. The number of halogens is 1. The average Bonchev–Trinajstić information content (AvgIpc) is 2.55. The van der Waals surface area contributed by atoms with Crippen LogP contribution in [0.15, 0.2) is 36.4 Å². The Bertz CT molecular complexity index is 725. The third-order valence-corrected chi connectivity index (χ3v) is 3.62. The monoisotopic (exact) mass is 366 g/mol. The standard InChI is InChI=1S/C17H19ClN2O3S/c1-4-23-12-7-5-6-11(8-12)19-17(24)20-14-9-13(18)15(21-2)10-16(14)22-3/h5-10H,4H2,1-3H3,(H2,19,20,24). The first kappa shape index (κ1) is 18.2. The molecule has 2 aromatic rings. The molecule has 0 fully saturated rings. The highest BCUT2D eigenvalue weighted by Gasteiger charge is 2.11. The van der Waals surface area contributed by atoms with Crippen molar-refractivity contribution in [2.45, 2.75) is 6.92 Å². The van der Waals surface area contributed by atoms with Crippen LogP contribution in [0.1, 0.15) is 6.92 Å². The summed E-state index contributed by atoms with van der Waals surface area (Å²) in [4.78, 5) is 0. The van der Waals surface area contributed by atoms with E-state index < -0.39 is 0 Å². The summed E-state index contributed by atoms with van der Waals surface area (Å²) >= 11 is 11.5. The van der Waals surface area contributed by atoms with Crippen LogP contribution in [-0.2, 0) is 0 Å². The van der Waals surface area contributed by atoms with Gasteiger partial charge < -0.3 is 24.8 Å². The van der Waals surface area contributed by atoms with Gasteiger partial charge in [-0.2, -0.15) is 0 Å². The highest BCUT2D eigenvalue weighted by molar-refractivity contribution is 7.80. The number of thiocarbonyl (C=S) groups is 1. The Hall–Kier alpha value is -2.18. The second kappa shape index (κ2) is 8.61. The van der Waals surface area contributed by atoms with Gasteiger partial charge in [0.2, 0.25) is 0 Å². The number of nitrogens with one attached hydrogen (secondary N) is 2. The second-order valence-corrected chi connectivity index (χ2v) is 5.54. The van der Waals surface area contributed by atoms with E-state index in [-0.39, 0.29) is 0 Å². The minimum absolute atomic E-state index is 0.406. The number of hydrogen-bond acceptors (Lipinski definition) is 4. The smallest absolute Gasteiger partial charge is 0.175 e. The van der Waals surface area contributed by atoms with Crippen molar-refractivity contribution < 1.29 is 14.2 Å². The molecule has 0 heterocycles. The molecule has 2 aromatic carbocycles. The highest BCUT2D eigenvalue weighted by Crippen LogP contribution is 2.36. The molecule has 0 aliphatic heterocycles. The zero-order chi connectivity index (χ0) is 17.5. The van der Waals surface area contributed by atoms with Crippen molar-refractivity contribution in [3.05, 3.63) is 41.4 Å². The van der Waals surface area contributed by atoms with Crippen LogP contribution in [-0.4, -0.2) is 25.9 Å². The highest BCUT2D eigenvalue weighted by atomic mass is 35.5. The Balaban J connectivity index is 2.12. The van der Waals surface area contributed by atoms with E-state index in [1.54, 1.807) is 26.4 Å². The molecule has 7 heteroatoms. The van der Waals surface area contributed by atoms with Gasteiger partial charge >= 0.3 is 0 Å². The minimum atomic E-state index is 0.406. The molecule has 128 valence electrons. The molecular weight excluding hydrogens is 348 g/mol. The summed E-state index contributed by atoms with van der Waals surface area (Å²) in [7, 11) is 3.11.